The maximum Gasteiger partial charge on any atom is 0.258 e. The summed E-state index contributed by atoms with van der Waals surface area (Å²) in [7, 11) is 0. The van der Waals surface area contributed by atoms with E-state index in [1.54, 1.807) is 16.6 Å². The van der Waals surface area contributed by atoms with Crippen LogP contribution in [0, 0.1) is 13.8 Å². The Labute approximate surface area is 191 Å². The van der Waals surface area contributed by atoms with E-state index in [2.05, 4.69) is 25.9 Å². The van der Waals surface area contributed by atoms with E-state index >= 15 is 0 Å². The van der Waals surface area contributed by atoms with Gasteiger partial charge in [-0.2, -0.15) is 9.61 Å². The first-order chi connectivity index (χ1) is 14.3. The number of carbonyl (C=O) groups is 1. The van der Waals surface area contributed by atoms with Crippen molar-refractivity contribution in [2.45, 2.75) is 13.8 Å². The number of hydrogen-bond donors (Lipinski definition) is 2. The van der Waals surface area contributed by atoms with Crippen molar-refractivity contribution >= 4 is 68.4 Å². The minimum Gasteiger partial charge on any atom is -0.332 e. The number of benzene rings is 2. The first kappa shape index (κ1) is 20.7. The average molecular weight is 477 g/mol. The van der Waals surface area contributed by atoms with Crippen molar-refractivity contribution < 1.29 is 4.79 Å². The first-order valence-electron chi connectivity index (χ1n) is 8.69. The number of thiocarbonyl (C=S) groups is 1. The summed E-state index contributed by atoms with van der Waals surface area (Å²) in [5, 5.41) is 20.0. The van der Waals surface area contributed by atoms with E-state index in [1.807, 2.05) is 32.0 Å². The Morgan fingerprint density at radius 3 is 2.63 bits per heavy atom. The van der Waals surface area contributed by atoms with Gasteiger partial charge in [0.25, 0.3) is 5.91 Å². The Kier molecular flexibility index (Phi) is 5.70. The van der Waals surface area contributed by atoms with Crippen LogP contribution in [0.3, 0.4) is 0 Å². The number of carbonyl (C=O) groups excluding carboxylic acids is 1. The fourth-order valence-electron chi connectivity index (χ4n) is 2.77. The topological polar surface area (TPSA) is 84.2 Å². The van der Waals surface area contributed by atoms with E-state index in [-0.39, 0.29) is 15.7 Å². The molecular weight excluding hydrogens is 463 g/mol. The van der Waals surface area contributed by atoms with E-state index in [0.29, 0.717) is 5.02 Å². The summed E-state index contributed by atoms with van der Waals surface area (Å²) in [4.78, 5) is 13.1. The normalized spacial score (nSPS) is 10.9. The highest BCUT2D eigenvalue weighted by Gasteiger charge is 2.14. The van der Waals surface area contributed by atoms with E-state index < -0.39 is 5.91 Å². The molecule has 0 aliphatic rings. The van der Waals surface area contributed by atoms with Crippen molar-refractivity contribution in [3.8, 4) is 10.6 Å². The molecule has 2 aromatic heterocycles. The molecule has 0 spiro atoms. The molecule has 11 heteroatoms. The second-order valence-corrected chi connectivity index (χ2v) is 8.62. The summed E-state index contributed by atoms with van der Waals surface area (Å²) in [5.74, 6) is 0.322. The van der Waals surface area contributed by atoms with Gasteiger partial charge in [0.15, 0.2) is 10.9 Å². The van der Waals surface area contributed by atoms with Crippen molar-refractivity contribution in [2.24, 2.45) is 0 Å². The van der Waals surface area contributed by atoms with Crippen LogP contribution in [0.5, 0.6) is 0 Å². The minimum atomic E-state index is -0.418. The fraction of sp³-hybridized carbons (Fsp3) is 0.105. The van der Waals surface area contributed by atoms with Gasteiger partial charge in [0, 0.05) is 16.3 Å². The highest BCUT2D eigenvalue weighted by Crippen LogP contribution is 2.28. The van der Waals surface area contributed by atoms with Crippen LogP contribution in [-0.4, -0.2) is 30.8 Å². The number of halogens is 2. The van der Waals surface area contributed by atoms with Gasteiger partial charge in [-0.15, -0.1) is 10.2 Å². The molecule has 7 nitrogen and oxygen atoms in total. The maximum atomic E-state index is 12.4. The van der Waals surface area contributed by atoms with Gasteiger partial charge in [0.05, 0.1) is 10.6 Å². The average Bonchev–Trinajstić information content (AvgIpc) is 3.25. The molecule has 152 valence electrons. The SMILES string of the molecule is Cc1cc(-c2nn3c(C)nnc3s2)ccc1NC(=S)NC(=O)c1ccc(Cl)cc1Cl. The summed E-state index contributed by atoms with van der Waals surface area (Å²) in [5.41, 5.74) is 2.95. The summed E-state index contributed by atoms with van der Waals surface area (Å²) >= 11 is 18.7. The molecule has 0 aliphatic heterocycles. The summed E-state index contributed by atoms with van der Waals surface area (Å²) in [6.45, 7) is 3.80. The van der Waals surface area contributed by atoms with Crippen LogP contribution in [0.25, 0.3) is 15.5 Å². The number of aryl methyl sites for hydroxylation is 2. The highest BCUT2D eigenvalue weighted by molar-refractivity contribution is 7.80. The van der Waals surface area contributed by atoms with Gasteiger partial charge in [-0.25, -0.2) is 0 Å². The van der Waals surface area contributed by atoms with Crippen molar-refractivity contribution in [2.75, 3.05) is 5.32 Å². The summed E-state index contributed by atoms with van der Waals surface area (Å²) in [6, 6.07) is 10.4. The van der Waals surface area contributed by atoms with Crippen molar-refractivity contribution in [1.82, 2.24) is 25.1 Å². The predicted octanol–water partition coefficient (Wildman–Crippen LogP) is 4.90. The van der Waals surface area contributed by atoms with Crippen LogP contribution < -0.4 is 10.6 Å². The minimum absolute atomic E-state index is 0.163. The molecule has 0 saturated carbocycles. The van der Waals surface area contributed by atoms with Crippen molar-refractivity contribution in [1.29, 1.82) is 0 Å². The van der Waals surface area contributed by atoms with Crippen LogP contribution in [0.15, 0.2) is 36.4 Å². The Morgan fingerprint density at radius 1 is 1.13 bits per heavy atom. The summed E-state index contributed by atoms with van der Waals surface area (Å²) < 4.78 is 1.72. The third kappa shape index (κ3) is 4.15. The van der Waals surface area contributed by atoms with E-state index in [1.165, 1.54) is 17.4 Å². The molecular formula is C19H14Cl2N6OS2. The van der Waals surface area contributed by atoms with Gasteiger partial charge in [-0.3, -0.25) is 10.1 Å². The third-order valence-corrected chi connectivity index (χ3v) is 5.97. The molecule has 4 aromatic rings. The van der Waals surface area contributed by atoms with E-state index in [9.17, 15) is 4.79 Å². The van der Waals surface area contributed by atoms with Crippen molar-refractivity contribution in [3.63, 3.8) is 0 Å². The van der Waals surface area contributed by atoms with Gasteiger partial charge < -0.3 is 5.32 Å². The summed E-state index contributed by atoms with van der Waals surface area (Å²) in [6.07, 6.45) is 0. The number of nitrogens with zero attached hydrogens (tertiary/aromatic N) is 4. The second kappa shape index (κ2) is 8.27. The number of hydrogen-bond acceptors (Lipinski definition) is 6. The Morgan fingerprint density at radius 2 is 1.93 bits per heavy atom. The molecule has 2 aromatic carbocycles. The molecule has 0 saturated heterocycles. The lowest BCUT2D eigenvalue weighted by molar-refractivity contribution is 0.0978. The molecule has 2 N–H and O–H groups in total. The molecule has 0 aliphatic carbocycles. The Bertz CT molecular complexity index is 1300. The standard InChI is InChI=1S/C19H14Cl2N6OS2/c1-9-7-11(17-26-27-10(2)24-25-19(27)30-17)3-6-15(9)22-18(29)23-16(28)13-5-4-12(20)8-14(13)21/h3-8H,1-2H3,(H2,22,23,28,29). The van der Waals surface area contributed by atoms with Crippen LogP contribution in [0.1, 0.15) is 21.7 Å². The zero-order chi connectivity index (χ0) is 21.4. The Balaban J connectivity index is 1.47. The Hall–Kier alpha value is -2.59. The quantitative estimate of drug-likeness (QED) is 0.409. The molecule has 0 radical (unpaired) electrons. The third-order valence-electron chi connectivity index (χ3n) is 4.27. The first-order valence-corrected chi connectivity index (χ1v) is 10.7. The molecule has 2 heterocycles. The number of rotatable bonds is 3. The molecule has 0 fully saturated rings. The fourth-order valence-corrected chi connectivity index (χ4v) is 4.34. The zero-order valence-electron chi connectivity index (χ0n) is 15.7. The largest absolute Gasteiger partial charge is 0.332 e. The van der Waals surface area contributed by atoms with Crippen molar-refractivity contribution in [3.05, 3.63) is 63.4 Å². The van der Waals surface area contributed by atoms with E-state index in [0.717, 1.165) is 32.6 Å². The molecule has 4 rings (SSSR count). The molecule has 0 bridgehead atoms. The van der Waals surface area contributed by atoms with Gasteiger partial charge in [-0.1, -0.05) is 34.5 Å². The number of aromatic nitrogens is 4. The molecule has 1 amide bonds. The van der Waals surface area contributed by atoms with Crippen LogP contribution in [0.2, 0.25) is 10.0 Å². The number of fused-ring (bicyclic) bond motifs is 1. The van der Waals surface area contributed by atoms with Gasteiger partial charge in [0.2, 0.25) is 4.96 Å². The molecule has 0 atom stereocenters. The number of nitrogens with one attached hydrogen (secondary N) is 2. The zero-order valence-corrected chi connectivity index (χ0v) is 18.9. The second-order valence-electron chi connectivity index (χ2n) is 6.41. The van der Waals surface area contributed by atoms with Crippen LogP contribution in [-0.2, 0) is 0 Å². The van der Waals surface area contributed by atoms with Crippen LogP contribution >= 0.6 is 46.8 Å². The molecule has 0 unspecified atom stereocenters. The maximum absolute atomic E-state index is 12.4. The highest BCUT2D eigenvalue weighted by atomic mass is 35.5. The monoisotopic (exact) mass is 476 g/mol. The lowest BCUT2D eigenvalue weighted by Gasteiger charge is -2.13. The van der Waals surface area contributed by atoms with Gasteiger partial charge >= 0.3 is 0 Å². The van der Waals surface area contributed by atoms with Crippen LogP contribution in [0.4, 0.5) is 5.69 Å². The van der Waals surface area contributed by atoms with Gasteiger partial charge in [0.1, 0.15) is 5.01 Å². The predicted molar refractivity (Wildman–Crippen MR) is 124 cm³/mol. The lowest BCUT2D eigenvalue weighted by Crippen LogP contribution is -2.34. The van der Waals surface area contributed by atoms with E-state index in [4.69, 9.17) is 35.4 Å². The number of anilines is 1. The smallest absolute Gasteiger partial charge is 0.258 e. The van der Waals surface area contributed by atoms with Gasteiger partial charge in [-0.05, 0) is 68.0 Å². The lowest BCUT2D eigenvalue weighted by atomic mass is 10.1. The number of amides is 1. The molecule has 30 heavy (non-hydrogen) atoms.